The van der Waals surface area contributed by atoms with Gasteiger partial charge in [0.05, 0.1) is 0 Å². The van der Waals surface area contributed by atoms with Gasteiger partial charge in [-0.1, -0.05) is 0 Å². The molecule has 3 nitrogen and oxygen atoms in total. The first-order valence-electron chi connectivity index (χ1n) is 0. The minimum absolute atomic E-state index is 0. The van der Waals surface area contributed by atoms with Crippen LogP contribution in [0.4, 0.5) is 0 Å². The van der Waals surface area contributed by atoms with Gasteiger partial charge in [-0.15, -0.1) is 0 Å². The zero-order valence-electron chi connectivity index (χ0n) is 1.72. The third kappa shape index (κ3) is 27.0. The molecule has 5 heteroatoms. The predicted octanol–water partition coefficient (Wildman–Crippen LogP) is -1.27. The van der Waals surface area contributed by atoms with Crippen molar-refractivity contribution in [2.24, 2.45) is 0 Å². The molecule has 0 atom stereocenters. The molecule has 0 aromatic carbocycles. The van der Waals surface area contributed by atoms with Gasteiger partial charge in [0.1, 0.15) is 0 Å². The summed E-state index contributed by atoms with van der Waals surface area (Å²) in [7, 11) is 0. The van der Waals surface area contributed by atoms with Crippen molar-refractivity contribution in [2.45, 2.75) is 0 Å². The molecular weight excluding hydrogens is 310 g/mol. The molecule has 0 heterocycles. The van der Waals surface area contributed by atoms with Gasteiger partial charge in [-0.2, -0.15) is 0 Å². The second kappa shape index (κ2) is 43.6. The quantitative estimate of drug-likeness (QED) is 0.499. The van der Waals surface area contributed by atoms with Crippen LogP contribution in [0.5, 0.6) is 0 Å². The Bertz CT molecular complexity index is 6.85. The zero-order valence-corrected chi connectivity index (χ0v) is 5.89. The molecule has 0 aliphatic carbocycles. The fraction of sp³-hybridized carbons (Fsp3) is 0. The van der Waals surface area contributed by atoms with Gasteiger partial charge < -0.3 is 16.4 Å². The zero-order chi connectivity index (χ0) is 0. The van der Waals surface area contributed by atoms with Crippen molar-refractivity contribution in [1.29, 1.82) is 0 Å². The van der Waals surface area contributed by atoms with E-state index in [1.165, 1.54) is 0 Å². The Balaban J connectivity index is 0. The molecule has 5 heavy (non-hydrogen) atoms. The Morgan fingerprint density at radius 3 is 0.600 bits per heavy atom. The maximum Gasteiger partial charge on any atom is 6.00 e. The van der Waals surface area contributed by atoms with Crippen molar-refractivity contribution >= 4 is 23.1 Å². The molecule has 0 radical (unpaired) electrons. The first kappa shape index (κ1) is 75.4. The Hall–Kier alpha value is 1.70. The third-order valence-corrected chi connectivity index (χ3v) is 0. The Morgan fingerprint density at radius 2 is 0.600 bits per heavy atom. The van der Waals surface area contributed by atoms with Crippen molar-refractivity contribution in [3.05, 3.63) is 0 Å². The van der Waals surface area contributed by atoms with Gasteiger partial charge in [-0.05, 0) is 0 Å². The van der Waals surface area contributed by atoms with Gasteiger partial charge in [0.2, 0.25) is 0 Å². The van der Waals surface area contributed by atoms with Crippen molar-refractivity contribution in [1.82, 2.24) is 0 Å². The molecular formula is H2MgO3U. The molecule has 0 bridgehead atoms. The van der Waals surface area contributed by atoms with Crippen LogP contribution in [0.3, 0.4) is 0 Å². The van der Waals surface area contributed by atoms with Crippen LogP contribution in [0.25, 0.3) is 0 Å². The van der Waals surface area contributed by atoms with Crippen LogP contribution in [0, 0.1) is 31.1 Å². The molecule has 0 fully saturated rings. The van der Waals surface area contributed by atoms with E-state index in [1.54, 1.807) is 0 Å². The average Bonchev–Trinajstić information content (AvgIpc) is 0. The van der Waals surface area contributed by atoms with E-state index in [1.807, 2.05) is 0 Å². The fourth-order valence-electron chi connectivity index (χ4n) is 0. The van der Waals surface area contributed by atoms with Crippen LogP contribution in [-0.4, -0.2) is 23.1 Å². The smallest absolute Gasteiger partial charge is 2.00 e. The molecule has 0 aromatic rings. The van der Waals surface area contributed by atoms with Crippen LogP contribution in [0.2, 0.25) is 0 Å². The number of hydrogen-bond acceptors (Lipinski definition) is 0. The summed E-state index contributed by atoms with van der Waals surface area (Å²) >= 11 is 0. The van der Waals surface area contributed by atoms with E-state index >= 15 is 0 Å². The van der Waals surface area contributed by atoms with E-state index in [0.717, 1.165) is 0 Å². The van der Waals surface area contributed by atoms with Crippen LogP contribution in [-0.2, 0) is 16.4 Å². The van der Waals surface area contributed by atoms with Gasteiger partial charge in [0.25, 0.3) is 0 Å². The van der Waals surface area contributed by atoms with Gasteiger partial charge in [0.15, 0.2) is 0 Å². The average molecular weight is 312 g/mol. The topological polar surface area (TPSA) is 85.5 Å². The van der Waals surface area contributed by atoms with Crippen molar-refractivity contribution < 1.29 is 47.5 Å². The van der Waals surface area contributed by atoms with Crippen LogP contribution >= 0.6 is 0 Å². The molecule has 0 aliphatic heterocycles. The molecule has 0 aliphatic rings. The van der Waals surface area contributed by atoms with E-state index < -0.39 is 0 Å². The molecule has 0 N–H and O–H groups in total. The summed E-state index contributed by atoms with van der Waals surface area (Å²) in [5, 5.41) is 0. The Labute approximate surface area is 70.0 Å². The van der Waals surface area contributed by atoms with Gasteiger partial charge in [-0.25, -0.2) is 0 Å². The molecule has 0 aromatic heterocycles. The minimum atomic E-state index is 0. The second-order valence-corrected chi connectivity index (χ2v) is 0. The minimum Gasteiger partial charge on any atom is -2.00 e. The van der Waals surface area contributed by atoms with Crippen molar-refractivity contribution in [3.8, 4) is 0 Å². The van der Waals surface area contributed by atoms with E-state index in [-0.39, 0.29) is 70.6 Å². The maximum atomic E-state index is 0. The first-order chi connectivity index (χ1) is 0. The normalized spacial score (nSPS) is 0. The number of hydrogen-bond donors (Lipinski definition) is 0. The Morgan fingerprint density at radius 1 is 0.600 bits per heavy atom. The molecule has 0 rings (SSSR count). The number of rotatable bonds is 0. The maximum absolute atomic E-state index is 0. The van der Waals surface area contributed by atoms with Crippen molar-refractivity contribution in [2.75, 3.05) is 0 Å². The van der Waals surface area contributed by atoms with Crippen LogP contribution in [0.15, 0.2) is 0 Å². The third-order valence-electron chi connectivity index (χ3n) is 0. The van der Waals surface area contributed by atoms with E-state index in [2.05, 4.69) is 0 Å². The predicted molar refractivity (Wildman–Crippen MR) is 10.6 cm³/mol. The van der Waals surface area contributed by atoms with E-state index in [9.17, 15) is 0 Å². The summed E-state index contributed by atoms with van der Waals surface area (Å²) in [4.78, 5) is 0. The standard InChI is InChI=1S/Mg.3O.U.2H/q;3*-2;+6;;. The summed E-state index contributed by atoms with van der Waals surface area (Å²) in [5.41, 5.74) is 0. The van der Waals surface area contributed by atoms with Crippen LogP contribution in [0.1, 0.15) is 0 Å². The second-order valence-electron chi connectivity index (χ2n) is 0. The summed E-state index contributed by atoms with van der Waals surface area (Å²) in [6.45, 7) is 0. The monoisotopic (exact) mass is 312 g/mol. The van der Waals surface area contributed by atoms with Gasteiger partial charge in [0, 0.05) is 0 Å². The van der Waals surface area contributed by atoms with Gasteiger partial charge >= 0.3 is 54.2 Å². The summed E-state index contributed by atoms with van der Waals surface area (Å²) < 4.78 is 0. The molecule has 0 saturated carbocycles. The van der Waals surface area contributed by atoms with Crippen LogP contribution < -0.4 is 0 Å². The first-order valence-corrected chi connectivity index (χ1v) is 0. The summed E-state index contributed by atoms with van der Waals surface area (Å²) in [6.07, 6.45) is 0. The van der Waals surface area contributed by atoms with Crippen molar-refractivity contribution in [3.63, 3.8) is 0 Å². The SMILES string of the molecule is [MgH2].[O-2].[O-2].[O-2].[U+6]. The van der Waals surface area contributed by atoms with E-state index in [4.69, 9.17) is 0 Å². The Kier molecular flexibility index (Phi) is 658. The van der Waals surface area contributed by atoms with Gasteiger partial charge in [-0.3, -0.25) is 0 Å². The summed E-state index contributed by atoms with van der Waals surface area (Å²) in [5.74, 6) is 0. The largest absolute Gasteiger partial charge is 6.00 e. The fourth-order valence-corrected chi connectivity index (χ4v) is 0. The molecule has 0 saturated heterocycles. The molecule has 0 amide bonds. The molecule has 0 spiro atoms. The molecule has 0 unspecified atom stereocenters. The summed E-state index contributed by atoms with van der Waals surface area (Å²) in [6, 6.07) is 0. The molecule has 26 valence electrons. The van der Waals surface area contributed by atoms with E-state index in [0.29, 0.717) is 0 Å².